The number of rotatable bonds is 6. The van der Waals surface area contributed by atoms with Gasteiger partial charge < -0.3 is 14.0 Å². The first-order chi connectivity index (χ1) is 12.5. The molecule has 1 heterocycles. The topological polar surface area (TPSA) is 35.5 Å². The van der Waals surface area contributed by atoms with E-state index < -0.39 is 8.32 Å². The first kappa shape index (κ1) is 19.4. The van der Waals surface area contributed by atoms with E-state index in [1.54, 1.807) is 11.8 Å². The number of ether oxygens (including phenoxy) is 1. The molecular formula is C21H26O3SSi. The lowest BCUT2D eigenvalue weighted by molar-refractivity contribution is -0.117. The van der Waals surface area contributed by atoms with Crippen LogP contribution in [0.3, 0.4) is 0 Å². The van der Waals surface area contributed by atoms with Gasteiger partial charge in [-0.25, -0.2) is 0 Å². The molecule has 2 aromatic carbocycles. The highest BCUT2D eigenvalue weighted by Gasteiger charge is 2.50. The zero-order valence-electron chi connectivity index (χ0n) is 15.6. The van der Waals surface area contributed by atoms with E-state index in [0.29, 0.717) is 12.4 Å². The monoisotopic (exact) mass is 386 g/mol. The average Bonchev–Trinajstić information content (AvgIpc) is 3.11. The third-order valence-electron chi connectivity index (χ3n) is 4.78. The molecule has 0 bridgehead atoms. The lowest BCUT2D eigenvalue weighted by Crippen LogP contribution is -2.67. The molecule has 1 fully saturated rings. The highest BCUT2D eigenvalue weighted by atomic mass is 32.2. The highest BCUT2D eigenvalue weighted by molar-refractivity contribution is 8.00. The Balaban J connectivity index is 1.99. The van der Waals surface area contributed by atoms with Crippen molar-refractivity contribution in [1.29, 1.82) is 0 Å². The molecule has 0 amide bonds. The second kappa shape index (κ2) is 8.09. The van der Waals surface area contributed by atoms with E-state index in [1.165, 1.54) is 10.4 Å². The SMILES string of the molecule is CC(C)(C)[Si](OC[C@@H]1O[C@H](C=O)CS1)(c1ccccc1)c1ccccc1. The Labute approximate surface area is 161 Å². The van der Waals surface area contributed by atoms with Crippen molar-refractivity contribution in [2.75, 3.05) is 12.4 Å². The minimum atomic E-state index is -2.53. The van der Waals surface area contributed by atoms with E-state index in [0.717, 1.165) is 6.29 Å². The lowest BCUT2D eigenvalue weighted by atomic mass is 10.2. The normalized spacial score (nSPS) is 20.9. The number of thioether (sulfide) groups is 1. The number of carbonyl (C=O) groups is 1. The predicted octanol–water partition coefficient (Wildman–Crippen LogP) is 3.22. The molecule has 0 aliphatic carbocycles. The standard InChI is InChI=1S/C21H26O3SSi/c1-21(2,3)26(18-10-6-4-7-11-18,19-12-8-5-9-13-19)23-15-20-24-17(14-22)16-25-20/h4-14,17,20H,15-16H2,1-3H3/t17-,20-/m1/s1. The fourth-order valence-electron chi connectivity index (χ4n) is 3.59. The Hall–Kier alpha value is -1.40. The minimum absolute atomic E-state index is 0.0525. The Morgan fingerprint density at radius 2 is 1.62 bits per heavy atom. The molecular weight excluding hydrogens is 360 g/mol. The summed E-state index contributed by atoms with van der Waals surface area (Å²) in [6.45, 7) is 7.27. The summed E-state index contributed by atoms with van der Waals surface area (Å²) in [5, 5.41) is 2.46. The van der Waals surface area contributed by atoms with Gasteiger partial charge in [-0.2, -0.15) is 0 Å². The van der Waals surface area contributed by atoms with Gasteiger partial charge in [-0.05, 0) is 15.4 Å². The average molecular weight is 387 g/mol. The summed E-state index contributed by atoms with van der Waals surface area (Å²) in [4.78, 5) is 11.0. The van der Waals surface area contributed by atoms with Crippen LogP contribution < -0.4 is 10.4 Å². The maximum atomic E-state index is 11.0. The second-order valence-corrected chi connectivity index (χ2v) is 13.0. The molecule has 0 N–H and O–H groups in total. The van der Waals surface area contributed by atoms with Crippen LogP contribution in [0.5, 0.6) is 0 Å². The first-order valence-corrected chi connectivity index (χ1v) is 11.9. The molecule has 0 aromatic heterocycles. The van der Waals surface area contributed by atoms with Crippen LogP contribution in [-0.4, -0.2) is 38.5 Å². The van der Waals surface area contributed by atoms with Crippen molar-refractivity contribution in [3.05, 3.63) is 60.7 Å². The molecule has 0 spiro atoms. The van der Waals surface area contributed by atoms with Crippen LogP contribution in [0.1, 0.15) is 20.8 Å². The first-order valence-electron chi connectivity index (χ1n) is 8.95. The quantitative estimate of drug-likeness (QED) is 0.564. The van der Waals surface area contributed by atoms with Gasteiger partial charge in [-0.15, -0.1) is 11.8 Å². The van der Waals surface area contributed by atoms with Crippen molar-refractivity contribution in [1.82, 2.24) is 0 Å². The van der Waals surface area contributed by atoms with Gasteiger partial charge in [0, 0.05) is 5.75 Å². The maximum Gasteiger partial charge on any atom is 0.261 e. The van der Waals surface area contributed by atoms with Crippen LogP contribution in [0.25, 0.3) is 0 Å². The zero-order valence-corrected chi connectivity index (χ0v) is 17.4. The van der Waals surface area contributed by atoms with Gasteiger partial charge >= 0.3 is 0 Å². The molecule has 138 valence electrons. The molecule has 0 saturated carbocycles. The number of aldehydes is 1. The number of hydrogen-bond acceptors (Lipinski definition) is 4. The van der Waals surface area contributed by atoms with Crippen LogP contribution in [-0.2, 0) is 14.0 Å². The Kier molecular flexibility index (Phi) is 6.02. The van der Waals surface area contributed by atoms with Crippen LogP contribution in [0.15, 0.2) is 60.7 Å². The van der Waals surface area contributed by atoms with E-state index in [4.69, 9.17) is 9.16 Å². The molecule has 26 heavy (non-hydrogen) atoms. The van der Waals surface area contributed by atoms with Gasteiger partial charge in [-0.3, -0.25) is 0 Å². The van der Waals surface area contributed by atoms with E-state index >= 15 is 0 Å². The molecule has 1 saturated heterocycles. The van der Waals surface area contributed by atoms with Gasteiger partial charge in [-0.1, -0.05) is 81.4 Å². The van der Waals surface area contributed by atoms with E-state index in [1.807, 2.05) is 12.1 Å². The van der Waals surface area contributed by atoms with Crippen molar-refractivity contribution in [3.8, 4) is 0 Å². The fourth-order valence-corrected chi connectivity index (χ4v) is 9.21. The summed E-state index contributed by atoms with van der Waals surface area (Å²) in [6, 6.07) is 21.1. The van der Waals surface area contributed by atoms with Crippen molar-refractivity contribution >= 4 is 36.7 Å². The predicted molar refractivity (Wildman–Crippen MR) is 111 cm³/mol. The Morgan fingerprint density at radius 1 is 1.08 bits per heavy atom. The molecule has 3 nitrogen and oxygen atoms in total. The smallest absolute Gasteiger partial charge is 0.261 e. The van der Waals surface area contributed by atoms with Crippen LogP contribution in [0.4, 0.5) is 0 Å². The van der Waals surface area contributed by atoms with Crippen molar-refractivity contribution < 1.29 is 14.0 Å². The summed E-state index contributed by atoms with van der Waals surface area (Å²) >= 11 is 1.66. The van der Waals surface area contributed by atoms with E-state index in [2.05, 4.69) is 69.3 Å². The summed E-state index contributed by atoms with van der Waals surface area (Å²) in [5.41, 5.74) is -0.0909. The van der Waals surface area contributed by atoms with Crippen LogP contribution >= 0.6 is 11.8 Å². The van der Waals surface area contributed by atoms with Gasteiger partial charge in [0.15, 0.2) is 0 Å². The molecule has 0 radical (unpaired) electrons. The zero-order chi connectivity index (χ0) is 18.6. The number of carbonyl (C=O) groups excluding carboxylic acids is 1. The van der Waals surface area contributed by atoms with Gasteiger partial charge in [0.2, 0.25) is 0 Å². The molecule has 5 heteroatoms. The lowest BCUT2D eigenvalue weighted by Gasteiger charge is -2.43. The summed E-state index contributed by atoms with van der Waals surface area (Å²) in [6.07, 6.45) is 0.572. The van der Waals surface area contributed by atoms with E-state index in [9.17, 15) is 4.79 Å². The second-order valence-electron chi connectivity index (χ2n) is 7.55. The van der Waals surface area contributed by atoms with Crippen LogP contribution in [0.2, 0.25) is 5.04 Å². The van der Waals surface area contributed by atoms with Crippen molar-refractivity contribution in [2.24, 2.45) is 0 Å². The summed E-state index contributed by atoms with van der Waals surface area (Å²) < 4.78 is 12.6. The third kappa shape index (κ3) is 3.81. The third-order valence-corrected chi connectivity index (χ3v) is 10.9. The Bertz CT molecular complexity index is 676. The van der Waals surface area contributed by atoms with E-state index in [-0.39, 0.29) is 16.6 Å². The summed E-state index contributed by atoms with van der Waals surface area (Å²) in [7, 11) is -2.53. The number of benzene rings is 2. The molecule has 2 aromatic rings. The minimum Gasteiger partial charge on any atom is -0.404 e. The molecule has 0 unspecified atom stereocenters. The number of hydrogen-bond donors (Lipinski definition) is 0. The maximum absolute atomic E-state index is 11.0. The van der Waals surface area contributed by atoms with Crippen LogP contribution in [0, 0.1) is 0 Å². The Morgan fingerprint density at radius 3 is 2.04 bits per heavy atom. The van der Waals surface area contributed by atoms with Gasteiger partial charge in [0.25, 0.3) is 8.32 Å². The van der Waals surface area contributed by atoms with Crippen molar-refractivity contribution in [3.63, 3.8) is 0 Å². The molecule has 3 rings (SSSR count). The molecule has 1 aliphatic rings. The highest BCUT2D eigenvalue weighted by Crippen LogP contribution is 2.37. The van der Waals surface area contributed by atoms with Gasteiger partial charge in [0.05, 0.1) is 6.61 Å². The largest absolute Gasteiger partial charge is 0.404 e. The molecule has 1 aliphatic heterocycles. The summed E-state index contributed by atoms with van der Waals surface area (Å²) in [5.74, 6) is 0.707. The van der Waals surface area contributed by atoms with Crippen molar-refractivity contribution in [2.45, 2.75) is 37.3 Å². The molecule has 2 atom stereocenters. The van der Waals surface area contributed by atoms with Gasteiger partial charge in [0.1, 0.15) is 17.8 Å². The fraction of sp³-hybridized carbons (Fsp3) is 0.381.